The zero-order valence-corrected chi connectivity index (χ0v) is 25.2. The molecular formula is C42H30N2O. The molecule has 0 aliphatic heterocycles. The number of aromatic nitrogens is 1. The van der Waals surface area contributed by atoms with Crippen LogP contribution in [0.2, 0.25) is 0 Å². The molecule has 0 N–H and O–H groups in total. The number of benzene rings is 6. The first-order valence-electron chi connectivity index (χ1n) is 15.5. The maximum atomic E-state index is 6.72. The van der Waals surface area contributed by atoms with Crippen molar-refractivity contribution in [3.63, 3.8) is 0 Å². The normalized spacial score (nSPS) is 13.3. The number of anilines is 3. The smallest absolute Gasteiger partial charge is 0.159 e. The average molecular weight is 579 g/mol. The van der Waals surface area contributed by atoms with E-state index in [2.05, 4.69) is 157 Å². The highest BCUT2D eigenvalue weighted by Gasteiger charge is 2.35. The van der Waals surface area contributed by atoms with Gasteiger partial charge in [-0.1, -0.05) is 105 Å². The summed E-state index contributed by atoms with van der Waals surface area (Å²) in [5.41, 5.74) is 13.5. The Bertz CT molecular complexity index is 2400. The van der Waals surface area contributed by atoms with Crippen LogP contribution in [0, 0.1) is 0 Å². The molecule has 3 nitrogen and oxygen atoms in total. The molecule has 0 fully saturated rings. The van der Waals surface area contributed by atoms with Crippen LogP contribution < -0.4 is 4.90 Å². The maximum Gasteiger partial charge on any atom is 0.159 e. The van der Waals surface area contributed by atoms with Crippen LogP contribution in [0.1, 0.15) is 25.0 Å². The highest BCUT2D eigenvalue weighted by atomic mass is 16.3. The Labute approximate surface area is 262 Å². The molecule has 1 aliphatic rings. The summed E-state index contributed by atoms with van der Waals surface area (Å²) >= 11 is 0. The fourth-order valence-electron chi connectivity index (χ4n) is 7.23. The summed E-state index contributed by atoms with van der Waals surface area (Å²) < 4.78 is 6.72. The largest absolute Gasteiger partial charge is 0.454 e. The van der Waals surface area contributed by atoms with Gasteiger partial charge in [-0.15, -0.1) is 0 Å². The van der Waals surface area contributed by atoms with Crippen molar-refractivity contribution in [3.05, 3.63) is 157 Å². The van der Waals surface area contributed by atoms with E-state index in [1.807, 2.05) is 12.3 Å². The van der Waals surface area contributed by atoms with E-state index in [0.717, 1.165) is 49.9 Å². The molecular weight excluding hydrogens is 548 g/mol. The van der Waals surface area contributed by atoms with Gasteiger partial charge in [0.1, 0.15) is 5.58 Å². The van der Waals surface area contributed by atoms with E-state index in [4.69, 9.17) is 4.42 Å². The molecule has 45 heavy (non-hydrogen) atoms. The second-order valence-corrected chi connectivity index (χ2v) is 12.4. The molecule has 0 radical (unpaired) electrons. The lowest BCUT2D eigenvalue weighted by atomic mass is 9.82. The minimum atomic E-state index is -0.0542. The summed E-state index contributed by atoms with van der Waals surface area (Å²) in [7, 11) is 0. The molecule has 0 spiro atoms. The van der Waals surface area contributed by atoms with Gasteiger partial charge >= 0.3 is 0 Å². The van der Waals surface area contributed by atoms with Gasteiger partial charge in [0, 0.05) is 39.1 Å². The predicted octanol–water partition coefficient (Wildman–Crippen LogP) is 11.6. The number of rotatable bonds is 4. The van der Waals surface area contributed by atoms with E-state index in [1.54, 1.807) is 0 Å². The molecule has 6 aromatic carbocycles. The third-order valence-corrected chi connectivity index (χ3v) is 9.50. The third-order valence-electron chi connectivity index (χ3n) is 9.50. The lowest BCUT2D eigenvalue weighted by Gasteiger charge is -2.27. The SMILES string of the molecule is CC1(C)c2ccccc2-c2cc(N(c3ccc(-c4ccccc4)cc3)c3cccc4c3oc3cc5cccnc5cc34)ccc21. The first-order valence-corrected chi connectivity index (χ1v) is 15.5. The minimum absolute atomic E-state index is 0.0542. The molecule has 3 heteroatoms. The fraction of sp³-hybridized carbons (Fsp3) is 0.0714. The summed E-state index contributed by atoms with van der Waals surface area (Å²) in [6.45, 7) is 4.65. The number of hydrogen-bond donors (Lipinski definition) is 0. The van der Waals surface area contributed by atoms with Gasteiger partial charge in [-0.05, 0) is 81.9 Å². The number of furan rings is 1. The summed E-state index contributed by atoms with van der Waals surface area (Å²) in [6.07, 6.45) is 1.84. The summed E-state index contributed by atoms with van der Waals surface area (Å²) in [4.78, 5) is 6.95. The highest BCUT2D eigenvalue weighted by Crippen LogP contribution is 2.51. The Morgan fingerprint density at radius 1 is 0.578 bits per heavy atom. The molecule has 0 saturated heterocycles. The van der Waals surface area contributed by atoms with Gasteiger partial charge < -0.3 is 9.32 Å². The van der Waals surface area contributed by atoms with E-state index >= 15 is 0 Å². The monoisotopic (exact) mass is 578 g/mol. The lowest BCUT2D eigenvalue weighted by molar-refractivity contribution is 0.660. The Morgan fingerprint density at radius 2 is 1.33 bits per heavy atom. The van der Waals surface area contributed by atoms with Gasteiger partial charge in [0.05, 0.1) is 11.2 Å². The number of nitrogens with zero attached hydrogens (tertiary/aromatic N) is 2. The van der Waals surface area contributed by atoms with Crippen molar-refractivity contribution >= 4 is 49.9 Å². The van der Waals surface area contributed by atoms with Gasteiger partial charge in [-0.25, -0.2) is 0 Å². The topological polar surface area (TPSA) is 29.3 Å². The van der Waals surface area contributed by atoms with Crippen molar-refractivity contribution in [2.24, 2.45) is 0 Å². The van der Waals surface area contributed by atoms with E-state index in [-0.39, 0.29) is 5.41 Å². The van der Waals surface area contributed by atoms with Crippen molar-refractivity contribution in [2.45, 2.75) is 19.3 Å². The van der Waals surface area contributed by atoms with Crippen molar-refractivity contribution in [2.75, 3.05) is 4.90 Å². The number of para-hydroxylation sites is 1. The molecule has 9 rings (SSSR count). The maximum absolute atomic E-state index is 6.72. The van der Waals surface area contributed by atoms with Gasteiger partial charge in [0.2, 0.25) is 0 Å². The Hall–Kier alpha value is -5.67. The molecule has 0 saturated carbocycles. The van der Waals surface area contributed by atoms with Crippen LogP contribution in [0.25, 0.3) is 55.1 Å². The summed E-state index contributed by atoms with van der Waals surface area (Å²) in [6, 6.07) is 49.9. The zero-order chi connectivity index (χ0) is 30.1. The van der Waals surface area contributed by atoms with Crippen LogP contribution in [-0.4, -0.2) is 4.98 Å². The van der Waals surface area contributed by atoms with Crippen molar-refractivity contribution < 1.29 is 4.42 Å². The standard InChI is InChI=1S/C42H30N2O/c1-42(2)36-15-7-6-13-32(36)34-25-31(21-22-37(34)42)44(30-19-17-28(18-20-30)27-10-4-3-5-11-27)39-16-8-14-33-35-26-38-29(12-9-23-43-38)24-40(35)45-41(33)39/h3-26H,1-2H3. The van der Waals surface area contributed by atoms with Gasteiger partial charge in [-0.3, -0.25) is 4.98 Å². The second kappa shape index (κ2) is 9.67. The van der Waals surface area contributed by atoms with Crippen LogP contribution >= 0.6 is 0 Å². The van der Waals surface area contributed by atoms with Crippen LogP contribution in [0.3, 0.4) is 0 Å². The molecule has 0 bridgehead atoms. The molecule has 2 aromatic heterocycles. The van der Waals surface area contributed by atoms with Gasteiger partial charge in [0.25, 0.3) is 0 Å². The molecule has 2 heterocycles. The van der Waals surface area contributed by atoms with E-state index in [9.17, 15) is 0 Å². The summed E-state index contributed by atoms with van der Waals surface area (Å²) in [5.74, 6) is 0. The van der Waals surface area contributed by atoms with Crippen LogP contribution in [0.5, 0.6) is 0 Å². The summed E-state index contributed by atoms with van der Waals surface area (Å²) in [5, 5.41) is 3.22. The molecule has 0 atom stereocenters. The molecule has 8 aromatic rings. The van der Waals surface area contributed by atoms with Crippen LogP contribution in [0.4, 0.5) is 17.1 Å². The van der Waals surface area contributed by atoms with Gasteiger partial charge in [0.15, 0.2) is 5.58 Å². The van der Waals surface area contributed by atoms with E-state index in [0.29, 0.717) is 0 Å². The number of fused-ring (bicyclic) bond motifs is 7. The zero-order valence-electron chi connectivity index (χ0n) is 25.2. The Balaban J connectivity index is 1.28. The second-order valence-electron chi connectivity index (χ2n) is 12.4. The van der Waals surface area contributed by atoms with Crippen LogP contribution in [0.15, 0.2) is 150 Å². The number of pyridine rings is 1. The first kappa shape index (κ1) is 25.8. The van der Waals surface area contributed by atoms with Crippen molar-refractivity contribution in [1.29, 1.82) is 0 Å². The fourth-order valence-corrected chi connectivity index (χ4v) is 7.23. The predicted molar refractivity (Wildman–Crippen MR) is 187 cm³/mol. The average Bonchev–Trinajstić information content (AvgIpc) is 3.56. The molecule has 0 unspecified atom stereocenters. The Morgan fingerprint density at radius 3 is 2.20 bits per heavy atom. The van der Waals surface area contributed by atoms with E-state index < -0.39 is 0 Å². The van der Waals surface area contributed by atoms with Gasteiger partial charge in [-0.2, -0.15) is 0 Å². The molecule has 0 amide bonds. The molecule has 214 valence electrons. The van der Waals surface area contributed by atoms with Crippen molar-refractivity contribution in [1.82, 2.24) is 4.98 Å². The van der Waals surface area contributed by atoms with E-state index in [1.165, 1.54) is 33.4 Å². The van der Waals surface area contributed by atoms with Crippen LogP contribution in [-0.2, 0) is 5.41 Å². The highest BCUT2D eigenvalue weighted by molar-refractivity contribution is 6.13. The Kier molecular flexibility index (Phi) is 5.54. The minimum Gasteiger partial charge on any atom is -0.454 e. The number of hydrogen-bond acceptors (Lipinski definition) is 3. The first-order chi connectivity index (χ1) is 22.1. The third kappa shape index (κ3) is 3.94. The quantitative estimate of drug-likeness (QED) is 0.208. The lowest BCUT2D eigenvalue weighted by Crippen LogP contribution is -2.15. The molecule has 1 aliphatic carbocycles. The van der Waals surface area contributed by atoms with Crippen molar-refractivity contribution in [3.8, 4) is 22.3 Å².